The molecule has 6 heteroatoms. The molecular weight excluding hydrogens is 326 g/mol. The Hall–Kier alpha value is -1.14. The van der Waals surface area contributed by atoms with Crippen LogP contribution in [0.15, 0.2) is 22.7 Å². The van der Waals surface area contributed by atoms with Crippen LogP contribution in [0.5, 0.6) is 5.75 Å². The molecule has 102 valence electrons. The molecule has 0 radical (unpaired) electrons. The van der Waals surface area contributed by atoms with Gasteiger partial charge in [-0.3, -0.25) is 0 Å². The quantitative estimate of drug-likeness (QED) is 0.891. The fourth-order valence-corrected chi connectivity index (χ4v) is 2.64. The van der Waals surface area contributed by atoms with Gasteiger partial charge in [0.05, 0.1) is 0 Å². The number of nitrogens with one attached hydrogen (secondary N) is 1. The highest BCUT2D eigenvalue weighted by molar-refractivity contribution is 9.10. The number of nitrogens with zero attached hydrogens (tertiary/aromatic N) is 2. The van der Waals surface area contributed by atoms with Gasteiger partial charge in [0.15, 0.2) is 5.01 Å². The monoisotopic (exact) mass is 341 g/mol. The molecular formula is C13H16BrN3OS. The summed E-state index contributed by atoms with van der Waals surface area (Å²) < 4.78 is 6.92. The standard InChI is InChI=1S/C13H16BrN3OS/c1-8(2)10-6-9(14)4-5-11(10)18-7-12-16-17-13(15-3)19-12/h4-6,8H,7H2,1-3H3,(H,15,17). The van der Waals surface area contributed by atoms with Gasteiger partial charge < -0.3 is 10.1 Å². The van der Waals surface area contributed by atoms with E-state index in [4.69, 9.17) is 4.74 Å². The molecule has 0 unspecified atom stereocenters. The van der Waals surface area contributed by atoms with Crippen molar-refractivity contribution in [2.45, 2.75) is 26.4 Å². The van der Waals surface area contributed by atoms with Gasteiger partial charge in [-0.2, -0.15) is 0 Å². The minimum Gasteiger partial charge on any atom is -0.486 e. The highest BCUT2D eigenvalue weighted by Crippen LogP contribution is 2.30. The van der Waals surface area contributed by atoms with Crippen molar-refractivity contribution in [2.75, 3.05) is 12.4 Å². The van der Waals surface area contributed by atoms with Crippen LogP contribution in [0.4, 0.5) is 5.13 Å². The number of rotatable bonds is 5. The average Bonchev–Trinajstić information content (AvgIpc) is 2.85. The Morgan fingerprint density at radius 3 is 2.79 bits per heavy atom. The summed E-state index contributed by atoms with van der Waals surface area (Å²) in [6.45, 7) is 4.75. The first-order chi connectivity index (χ1) is 9.10. The van der Waals surface area contributed by atoms with Crippen molar-refractivity contribution < 1.29 is 4.74 Å². The summed E-state index contributed by atoms with van der Waals surface area (Å²) in [5.74, 6) is 1.31. The molecule has 0 aliphatic heterocycles. The molecule has 19 heavy (non-hydrogen) atoms. The lowest BCUT2D eigenvalue weighted by Gasteiger charge is -2.13. The van der Waals surface area contributed by atoms with Crippen LogP contribution < -0.4 is 10.1 Å². The van der Waals surface area contributed by atoms with Crippen LogP contribution in [-0.4, -0.2) is 17.2 Å². The van der Waals surface area contributed by atoms with Gasteiger partial charge >= 0.3 is 0 Å². The lowest BCUT2D eigenvalue weighted by Crippen LogP contribution is -1.99. The van der Waals surface area contributed by atoms with E-state index in [2.05, 4.69) is 51.4 Å². The highest BCUT2D eigenvalue weighted by Gasteiger charge is 2.10. The first-order valence-electron chi connectivity index (χ1n) is 6.02. The lowest BCUT2D eigenvalue weighted by atomic mass is 10.0. The molecule has 0 saturated heterocycles. The Bertz CT molecular complexity index is 557. The predicted octanol–water partition coefficient (Wildman–Crippen LogP) is 4.04. The Morgan fingerprint density at radius 2 is 2.16 bits per heavy atom. The van der Waals surface area contributed by atoms with Gasteiger partial charge in [-0.15, -0.1) is 10.2 Å². The second kappa shape index (κ2) is 6.34. The summed E-state index contributed by atoms with van der Waals surface area (Å²) in [6, 6.07) is 6.07. The van der Waals surface area contributed by atoms with E-state index < -0.39 is 0 Å². The zero-order chi connectivity index (χ0) is 13.8. The van der Waals surface area contributed by atoms with Crippen molar-refractivity contribution in [3.05, 3.63) is 33.2 Å². The van der Waals surface area contributed by atoms with Crippen LogP contribution in [-0.2, 0) is 6.61 Å². The van der Waals surface area contributed by atoms with Crippen LogP contribution >= 0.6 is 27.3 Å². The fraction of sp³-hybridized carbons (Fsp3) is 0.385. The maximum Gasteiger partial charge on any atom is 0.205 e. The van der Waals surface area contributed by atoms with Gasteiger partial charge in [-0.25, -0.2) is 0 Å². The molecule has 1 N–H and O–H groups in total. The van der Waals surface area contributed by atoms with Crippen LogP contribution in [0.1, 0.15) is 30.3 Å². The molecule has 4 nitrogen and oxygen atoms in total. The van der Waals surface area contributed by atoms with Gasteiger partial charge in [0.2, 0.25) is 5.13 Å². The first-order valence-corrected chi connectivity index (χ1v) is 7.63. The summed E-state index contributed by atoms with van der Waals surface area (Å²) in [4.78, 5) is 0. The lowest BCUT2D eigenvalue weighted by molar-refractivity contribution is 0.300. The van der Waals surface area contributed by atoms with Gasteiger partial charge in [-0.1, -0.05) is 41.1 Å². The maximum absolute atomic E-state index is 5.86. The minimum atomic E-state index is 0.412. The van der Waals surface area contributed by atoms with Crippen molar-refractivity contribution in [3.63, 3.8) is 0 Å². The van der Waals surface area contributed by atoms with E-state index in [9.17, 15) is 0 Å². The molecule has 0 fully saturated rings. The average molecular weight is 342 g/mol. The third-order valence-electron chi connectivity index (χ3n) is 2.63. The molecule has 2 aromatic rings. The van der Waals surface area contributed by atoms with E-state index in [0.717, 1.165) is 20.4 Å². The second-order valence-corrected chi connectivity index (χ2v) is 6.35. The SMILES string of the molecule is CNc1nnc(COc2ccc(Br)cc2C(C)C)s1. The zero-order valence-electron chi connectivity index (χ0n) is 11.1. The van der Waals surface area contributed by atoms with E-state index >= 15 is 0 Å². The van der Waals surface area contributed by atoms with Gasteiger partial charge in [-0.05, 0) is 29.7 Å². The fourth-order valence-electron chi connectivity index (χ4n) is 1.65. The molecule has 0 atom stereocenters. The van der Waals surface area contributed by atoms with Crippen LogP contribution in [0.25, 0.3) is 0 Å². The van der Waals surface area contributed by atoms with E-state index in [0.29, 0.717) is 12.5 Å². The summed E-state index contributed by atoms with van der Waals surface area (Å²) in [5.41, 5.74) is 1.19. The van der Waals surface area contributed by atoms with Crippen molar-refractivity contribution in [1.29, 1.82) is 0 Å². The van der Waals surface area contributed by atoms with Crippen LogP contribution in [0.2, 0.25) is 0 Å². The van der Waals surface area contributed by atoms with Crippen LogP contribution in [0, 0.1) is 0 Å². The predicted molar refractivity (Wildman–Crippen MR) is 82.0 cm³/mol. The topological polar surface area (TPSA) is 47.0 Å². The number of benzene rings is 1. The number of hydrogen-bond acceptors (Lipinski definition) is 5. The number of aromatic nitrogens is 2. The number of halogens is 1. The number of ether oxygens (including phenoxy) is 1. The third-order valence-corrected chi connectivity index (χ3v) is 4.03. The summed E-state index contributed by atoms with van der Waals surface area (Å²) >= 11 is 4.99. The maximum atomic E-state index is 5.86. The van der Waals surface area contributed by atoms with E-state index in [1.165, 1.54) is 16.9 Å². The van der Waals surface area contributed by atoms with E-state index in [-0.39, 0.29) is 0 Å². The second-order valence-electron chi connectivity index (χ2n) is 4.38. The van der Waals surface area contributed by atoms with Crippen molar-refractivity contribution in [1.82, 2.24) is 10.2 Å². The van der Waals surface area contributed by atoms with Gasteiger partial charge in [0, 0.05) is 11.5 Å². The smallest absolute Gasteiger partial charge is 0.205 e. The molecule has 0 aliphatic carbocycles. The van der Waals surface area contributed by atoms with Crippen molar-refractivity contribution in [3.8, 4) is 5.75 Å². The van der Waals surface area contributed by atoms with E-state index in [1.54, 1.807) is 0 Å². The molecule has 0 amide bonds. The van der Waals surface area contributed by atoms with Gasteiger partial charge in [0.25, 0.3) is 0 Å². The third kappa shape index (κ3) is 3.67. The number of anilines is 1. The Labute approximate surface area is 125 Å². The molecule has 0 saturated carbocycles. The summed E-state index contributed by atoms with van der Waals surface area (Å²) in [5, 5.41) is 12.7. The van der Waals surface area contributed by atoms with E-state index in [1.807, 2.05) is 19.2 Å². The molecule has 0 aliphatic rings. The molecule has 1 aromatic heterocycles. The normalized spacial score (nSPS) is 10.8. The Morgan fingerprint density at radius 1 is 1.37 bits per heavy atom. The highest BCUT2D eigenvalue weighted by atomic mass is 79.9. The summed E-state index contributed by atoms with van der Waals surface area (Å²) in [6.07, 6.45) is 0. The molecule has 1 aromatic carbocycles. The molecule has 1 heterocycles. The molecule has 0 bridgehead atoms. The minimum absolute atomic E-state index is 0.412. The molecule has 0 spiro atoms. The van der Waals surface area contributed by atoms with Crippen molar-refractivity contribution >= 4 is 32.4 Å². The van der Waals surface area contributed by atoms with Gasteiger partial charge in [0.1, 0.15) is 12.4 Å². The van der Waals surface area contributed by atoms with Crippen LogP contribution in [0.3, 0.4) is 0 Å². The summed E-state index contributed by atoms with van der Waals surface area (Å²) in [7, 11) is 1.83. The Balaban J connectivity index is 2.10. The first kappa shape index (κ1) is 14.3. The zero-order valence-corrected chi connectivity index (χ0v) is 13.5. The largest absolute Gasteiger partial charge is 0.486 e. The molecule has 2 rings (SSSR count). The Kier molecular flexibility index (Phi) is 4.76. The number of hydrogen-bond donors (Lipinski definition) is 1. The van der Waals surface area contributed by atoms with Crippen molar-refractivity contribution in [2.24, 2.45) is 0 Å².